The Morgan fingerprint density at radius 3 is 2.52 bits per heavy atom. The fourth-order valence-electron chi connectivity index (χ4n) is 8.86. The van der Waals surface area contributed by atoms with Crippen LogP contribution in [0, 0.1) is 28.6 Å². The van der Waals surface area contributed by atoms with Gasteiger partial charge in [-0.05, 0) is 68.3 Å². The van der Waals surface area contributed by atoms with Crippen molar-refractivity contribution in [2.75, 3.05) is 13.2 Å². The van der Waals surface area contributed by atoms with Gasteiger partial charge < -0.3 is 19.8 Å². The zero-order chi connectivity index (χ0) is 29.0. The second-order valence-electron chi connectivity index (χ2n) is 13.0. The number of hydrogen-bond donors (Lipinski definition) is 2. The van der Waals surface area contributed by atoms with Crippen LogP contribution in [0.2, 0.25) is 0 Å². The molecule has 0 aromatic heterocycles. The Balaban J connectivity index is 1.22. The molecule has 10 heteroatoms. The molecule has 2 N–H and O–H groups in total. The number of Topliss-reactive ketones (excluding diaryl/α,β-unsaturated/α-hetero) is 2. The number of carbonyl (C=O) groups is 6. The van der Waals surface area contributed by atoms with Crippen LogP contribution < -0.4 is 0 Å². The summed E-state index contributed by atoms with van der Waals surface area (Å²) in [5.41, 5.74) is -2.10. The lowest BCUT2D eigenvalue weighted by Crippen LogP contribution is -2.61. The lowest BCUT2D eigenvalue weighted by atomic mass is 9.46. The van der Waals surface area contributed by atoms with Crippen molar-refractivity contribution >= 4 is 35.2 Å². The van der Waals surface area contributed by atoms with E-state index < -0.39 is 47.3 Å². The van der Waals surface area contributed by atoms with Crippen molar-refractivity contribution in [2.24, 2.45) is 28.6 Å². The Labute approximate surface area is 233 Å². The molecule has 4 fully saturated rings. The first-order valence-electron chi connectivity index (χ1n) is 14.5. The number of ketones is 3. The van der Waals surface area contributed by atoms with E-state index in [1.807, 2.05) is 6.92 Å². The minimum atomic E-state index is -1.81. The van der Waals surface area contributed by atoms with Gasteiger partial charge in [0.1, 0.15) is 17.4 Å². The largest absolute Gasteiger partial charge is 0.480 e. The van der Waals surface area contributed by atoms with Crippen LogP contribution >= 0.6 is 0 Å². The Bertz CT molecular complexity index is 1190. The minimum Gasteiger partial charge on any atom is -0.480 e. The molecule has 1 heterocycles. The normalized spacial score (nSPS) is 38.7. The maximum absolute atomic E-state index is 13.7. The van der Waals surface area contributed by atoms with Gasteiger partial charge in [0.15, 0.2) is 12.4 Å². The standard InChI is InChI=1S/C30H39NO9/c1-28-11-9-18(32)14-17(28)5-6-19-20-10-12-30(39,29(20,2)15-22(33)26(19)28)23(34)16-40-25(36)8-7-24(35)31-13-3-4-21(31)27(37)38/h14,19-21,26,39H,3-13,15-16H2,1-2H3,(H,37,38)/t19-,20+,21+,26+,28+,29+,30+/m1/s1. The average molecular weight is 558 g/mol. The molecule has 0 aromatic rings. The van der Waals surface area contributed by atoms with E-state index in [1.54, 1.807) is 6.08 Å². The van der Waals surface area contributed by atoms with E-state index in [0.29, 0.717) is 38.6 Å². The maximum Gasteiger partial charge on any atom is 0.326 e. The summed E-state index contributed by atoms with van der Waals surface area (Å²) in [6, 6.07) is -0.886. The molecule has 0 bridgehead atoms. The van der Waals surface area contributed by atoms with Crippen molar-refractivity contribution in [2.45, 2.75) is 96.1 Å². The van der Waals surface area contributed by atoms with E-state index in [4.69, 9.17) is 4.74 Å². The van der Waals surface area contributed by atoms with Gasteiger partial charge in [-0.25, -0.2) is 4.79 Å². The molecule has 0 unspecified atom stereocenters. The van der Waals surface area contributed by atoms with Crippen molar-refractivity contribution in [1.82, 2.24) is 4.90 Å². The number of aliphatic carboxylic acids is 1. The highest BCUT2D eigenvalue weighted by Crippen LogP contribution is 2.66. The van der Waals surface area contributed by atoms with Crippen LogP contribution in [0.25, 0.3) is 0 Å². The van der Waals surface area contributed by atoms with Crippen LogP contribution in [0.3, 0.4) is 0 Å². The van der Waals surface area contributed by atoms with Crippen LogP contribution in [0.1, 0.15) is 84.5 Å². The molecule has 5 aliphatic rings. The molecule has 0 spiro atoms. The highest BCUT2D eigenvalue weighted by molar-refractivity contribution is 5.95. The van der Waals surface area contributed by atoms with E-state index in [9.17, 15) is 39.0 Å². The third-order valence-electron chi connectivity index (χ3n) is 11.0. The Hall–Kier alpha value is -2.88. The van der Waals surface area contributed by atoms with Crippen molar-refractivity contribution in [3.05, 3.63) is 11.6 Å². The molecule has 0 aromatic carbocycles. The van der Waals surface area contributed by atoms with Crippen LogP contribution in [0.15, 0.2) is 11.6 Å². The molecule has 3 saturated carbocycles. The molecule has 7 atom stereocenters. The predicted molar refractivity (Wildman–Crippen MR) is 140 cm³/mol. The Kier molecular flexibility index (Phi) is 7.30. The van der Waals surface area contributed by atoms with E-state index in [0.717, 1.165) is 18.4 Å². The topological polar surface area (TPSA) is 155 Å². The summed E-state index contributed by atoms with van der Waals surface area (Å²) in [4.78, 5) is 76.5. The summed E-state index contributed by atoms with van der Waals surface area (Å²) < 4.78 is 5.16. The molecule has 1 aliphatic heterocycles. The van der Waals surface area contributed by atoms with Crippen molar-refractivity contribution < 1.29 is 43.7 Å². The number of aliphatic hydroxyl groups is 1. The van der Waals surface area contributed by atoms with Crippen molar-refractivity contribution in [1.29, 1.82) is 0 Å². The van der Waals surface area contributed by atoms with Gasteiger partial charge in [-0.1, -0.05) is 19.4 Å². The smallest absolute Gasteiger partial charge is 0.326 e. The summed E-state index contributed by atoms with van der Waals surface area (Å²) in [7, 11) is 0. The molecule has 5 rings (SSSR count). The lowest BCUT2D eigenvalue weighted by molar-refractivity contribution is -0.174. The summed E-state index contributed by atoms with van der Waals surface area (Å²) >= 11 is 0. The molecule has 0 radical (unpaired) electrons. The van der Waals surface area contributed by atoms with Gasteiger partial charge in [-0.2, -0.15) is 0 Å². The number of nitrogens with zero attached hydrogens (tertiary/aromatic N) is 1. The molecule has 40 heavy (non-hydrogen) atoms. The second kappa shape index (κ2) is 10.2. The fraction of sp³-hybridized carbons (Fsp3) is 0.733. The summed E-state index contributed by atoms with van der Waals surface area (Å²) in [5, 5.41) is 21.0. The highest BCUT2D eigenvalue weighted by Gasteiger charge is 2.68. The molecule has 4 aliphatic carbocycles. The van der Waals surface area contributed by atoms with Gasteiger partial charge in [0.05, 0.1) is 6.42 Å². The van der Waals surface area contributed by atoms with Gasteiger partial charge in [0.25, 0.3) is 0 Å². The maximum atomic E-state index is 13.7. The first kappa shape index (κ1) is 28.6. The van der Waals surface area contributed by atoms with E-state index >= 15 is 0 Å². The van der Waals surface area contributed by atoms with Gasteiger partial charge in [0.2, 0.25) is 11.7 Å². The van der Waals surface area contributed by atoms with Gasteiger partial charge >= 0.3 is 11.9 Å². The first-order valence-corrected chi connectivity index (χ1v) is 14.5. The number of ether oxygens (including phenoxy) is 1. The van der Waals surface area contributed by atoms with Crippen molar-refractivity contribution in [3.8, 4) is 0 Å². The number of likely N-dealkylation sites (tertiary alicyclic amines) is 1. The molecular weight excluding hydrogens is 518 g/mol. The minimum absolute atomic E-state index is 0.0113. The summed E-state index contributed by atoms with van der Waals surface area (Å²) in [6.45, 7) is 3.57. The zero-order valence-electron chi connectivity index (χ0n) is 23.3. The van der Waals surface area contributed by atoms with Gasteiger partial charge in [-0.3, -0.25) is 24.0 Å². The van der Waals surface area contributed by atoms with E-state index in [2.05, 4.69) is 6.92 Å². The molecule has 1 amide bonds. The predicted octanol–water partition coefficient (Wildman–Crippen LogP) is 2.40. The molecular formula is C30H39NO9. The number of rotatable bonds is 7. The Morgan fingerprint density at radius 1 is 1.05 bits per heavy atom. The molecule has 1 saturated heterocycles. The lowest BCUT2D eigenvalue weighted by Gasteiger charge is -2.57. The number of hydrogen-bond acceptors (Lipinski definition) is 8. The fourth-order valence-corrected chi connectivity index (χ4v) is 8.86. The monoisotopic (exact) mass is 557 g/mol. The Morgan fingerprint density at radius 2 is 1.80 bits per heavy atom. The quantitative estimate of drug-likeness (QED) is 0.449. The number of carboxylic acids is 1. The molecule has 10 nitrogen and oxygen atoms in total. The summed E-state index contributed by atoms with van der Waals surface area (Å²) in [5.74, 6) is -3.07. The number of allylic oxidation sites excluding steroid dienone is 1. The highest BCUT2D eigenvalue weighted by atomic mass is 16.5. The third-order valence-corrected chi connectivity index (χ3v) is 11.0. The van der Waals surface area contributed by atoms with Crippen LogP contribution in [-0.4, -0.2) is 75.1 Å². The van der Waals surface area contributed by atoms with Crippen LogP contribution in [-0.2, 0) is 33.5 Å². The number of carboxylic acid groups (broad SMARTS) is 1. The number of esters is 1. The van der Waals surface area contributed by atoms with Gasteiger partial charge in [0, 0.05) is 37.1 Å². The van der Waals surface area contributed by atoms with E-state index in [-0.39, 0.29) is 60.4 Å². The van der Waals surface area contributed by atoms with Crippen LogP contribution in [0.4, 0.5) is 0 Å². The zero-order valence-corrected chi connectivity index (χ0v) is 23.3. The second-order valence-corrected chi connectivity index (χ2v) is 13.0. The SMILES string of the molecule is C[C@]12CCC(=O)C=C1CC[C@H]1[C@H]2C(=O)C[C@@]2(C)[C@H]1CC[C@]2(O)C(=O)COC(=O)CCC(=O)N1CCC[C@H]1C(=O)O. The van der Waals surface area contributed by atoms with Gasteiger partial charge in [-0.15, -0.1) is 0 Å². The number of carbonyl (C=O) groups excluding carboxylic acids is 5. The summed E-state index contributed by atoms with van der Waals surface area (Å²) in [6.07, 6.45) is 5.53. The number of fused-ring (bicyclic) bond motifs is 5. The third kappa shape index (κ3) is 4.43. The number of amides is 1. The molecule has 218 valence electrons. The van der Waals surface area contributed by atoms with Crippen LogP contribution in [0.5, 0.6) is 0 Å². The van der Waals surface area contributed by atoms with E-state index in [1.165, 1.54) is 4.90 Å². The van der Waals surface area contributed by atoms with Crippen molar-refractivity contribution in [3.63, 3.8) is 0 Å². The average Bonchev–Trinajstić information content (AvgIpc) is 3.50. The first-order chi connectivity index (χ1) is 18.8.